The highest BCUT2D eigenvalue weighted by Crippen LogP contribution is 2.26. The van der Waals surface area contributed by atoms with Crippen LogP contribution in [0.2, 0.25) is 0 Å². The molecule has 1 aliphatic heterocycles. The van der Waals surface area contributed by atoms with Crippen LogP contribution in [-0.4, -0.2) is 25.4 Å². The molecule has 5 nitrogen and oxygen atoms in total. The van der Waals surface area contributed by atoms with E-state index in [1.807, 2.05) is 49.5 Å². The highest BCUT2D eigenvalue weighted by atomic mass is 35.5. The van der Waals surface area contributed by atoms with Crippen molar-refractivity contribution < 1.29 is 9.59 Å². The van der Waals surface area contributed by atoms with Gasteiger partial charge in [-0.25, -0.2) is 0 Å². The van der Waals surface area contributed by atoms with Gasteiger partial charge in [0, 0.05) is 23.4 Å². The lowest BCUT2D eigenvalue weighted by Gasteiger charge is -2.18. The second kappa shape index (κ2) is 8.65. The third-order valence-electron chi connectivity index (χ3n) is 4.16. The van der Waals surface area contributed by atoms with Crippen LogP contribution in [0.3, 0.4) is 0 Å². The summed E-state index contributed by atoms with van der Waals surface area (Å²) in [6.07, 6.45) is 1.98. The number of benzene rings is 2. The number of carbonyl (C=O) groups is 2. The van der Waals surface area contributed by atoms with E-state index in [1.165, 1.54) is 0 Å². The third-order valence-corrected chi connectivity index (χ3v) is 4.16. The fourth-order valence-electron chi connectivity index (χ4n) is 2.88. The Kier molecular flexibility index (Phi) is 6.56. The van der Waals surface area contributed by atoms with Gasteiger partial charge in [-0.15, -0.1) is 12.4 Å². The van der Waals surface area contributed by atoms with Crippen molar-refractivity contribution in [2.24, 2.45) is 0 Å². The van der Waals surface area contributed by atoms with E-state index in [0.717, 1.165) is 35.5 Å². The van der Waals surface area contributed by atoms with E-state index in [0.29, 0.717) is 18.4 Å². The Hall–Kier alpha value is -2.37. The standard InChI is InChI=1S/C19H21N3O2.ClH/c1-20-11-10-13-4-2-3-5-16(13)19(24)21-15-7-8-17-14(12-15)6-9-18(23)22-17;/h2-5,7-8,12,20H,6,9-11H2,1H3,(H,21,24)(H,22,23);1H. The molecule has 2 aromatic carbocycles. The molecule has 25 heavy (non-hydrogen) atoms. The summed E-state index contributed by atoms with van der Waals surface area (Å²) in [6, 6.07) is 13.2. The molecule has 0 unspecified atom stereocenters. The van der Waals surface area contributed by atoms with E-state index < -0.39 is 0 Å². The zero-order valence-corrected chi connectivity index (χ0v) is 14.9. The molecular weight excluding hydrogens is 338 g/mol. The molecule has 1 heterocycles. The minimum Gasteiger partial charge on any atom is -0.326 e. The normalized spacial score (nSPS) is 12.6. The molecule has 132 valence electrons. The monoisotopic (exact) mass is 359 g/mol. The number of aryl methyl sites for hydroxylation is 1. The van der Waals surface area contributed by atoms with Gasteiger partial charge in [-0.05, 0) is 61.8 Å². The summed E-state index contributed by atoms with van der Waals surface area (Å²) in [7, 11) is 1.90. The number of hydrogen-bond donors (Lipinski definition) is 3. The van der Waals surface area contributed by atoms with Gasteiger partial charge in [-0.2, -0.15) is 0 Å². The highest BCUT2D eigenvalue weighted by molar-refractivity contribution is 6.05. The predicted octanol–water partition coefficient (Wildman–Crippen LogP) is 3.01. The van der Waals surface area contributed by atoms with Gasteiger partial charge in [0.25, 0.3) is 5.91 Å². The lowest BCUT2D eigenvalue weighted by molar-refractivity contribution is -0.116. The van der Waals surface area contributed by atoms with Gasteiger partial charge in [-0.3, -0.25) is 9.59 Å². The number of fused-ring (bicyclic) bond motifs is 1. The van der Waals surface area contributed by atoms with E-state index in [2.05, 4.69) is 16.0 Å². The topological polar surface area (TPSA) is 70.2 Å². The number of halogens is 1. The highest BCUT2D eigenvalue weighted by Gasteiger charge is 2.16. The van der Waals surface area contributed by atoms with E-state index in [9.17, 15) is 9.59 Å². The van der Waals surface area contributed by atoms with Gasteiger partial charge in [0.1, 0.15) is 0 Å². The van der Waals surface area contributed by atoms with Gasteiger partial charge in [0.2, 0.25) is 5.91 Å². The number of anilines is 2. The Morgan fingerprint density at radius 2 is 1.96 bits per heavy atom. The van der Waals surface area contributed by atoms with Crippen LogP contribution in [0.1, 0.15) is 27.9 Å². The van der Waals surface area contributed by atoms with E-state index >= 15 is 0 Å². The Morgan fingerprint density at radius 1 is 1.16 bits per heavy atom. The van der Waals surface area contributed by atoms with Crippen molar-refractivity contribution in [3.05, 3.63) is 59.2 Å². The molecule has 0 radical (unpaired) electrons. The SMILES string of the molecule is CNCCc1ccccc1C(=O)Nc1ccc2c(c1)CCC(=O)N2.Cl. The van der Waals surface area contributed by atoms with Crippen LogP contribution in [-0.2, 0) is 17.6 Å². The molecule has 0 atom stereocenters. The molecule has 0 fully saturated rings. The number of hydrogen-bond acceptors (Lipinski definition) is 3. The summed E-state index contributed by atoms with van der Waals surface area (Å²) in [6.45, 7) is 0.822. The van der Waals surface area contributed by atoms with E-state index in [4.69, 9.17) is 0 Å². The number of carbonyl (C=O) groups excluding carboxylic acids is 2. The molecule has 0 saturated carbocycles. The van der Waals surface area contributed by atoms with Crippen molar-refractivity contribution in [1.82, 2.24) is 5.32 Å². The average Bonchev–Trinajstić information content (AvgIpc) is 2.60. The van der Waals surface area contributed by atoms with Crippen LogP contribution in [0.5, 0.6) is 0 Å². The van der Waals surface area contributed by atoms with Crippen molar-refractivity contribution in [3.8, 4) is 0 Å². The Bertz CT molecular complexity index is 777. The zero-order chi connectivity index (χ0) is 16.9. The maximum absolute atomic E-state index is 12.6. The number of rotatable bonds is 5. The lowest BCUT2D eigenvalue weighted by atomic mass is 10.0. The minimum atomic E-state index is -0.110. The van der Waals surface area contributed by atoms with Crippen LogP contribution >= 0.6 is 12.4 Å². The molecule has 0 aromatic heterocycles. The molecule has 0 bridgehead atoms. The van der Waals surface area contributed by atoms with Crippen LogP contribution in [0.25, 0.3) is 0 Å². The maximum Gasteiger partial charge on any atom is 0.255 e. The summed E-state index contributed by atoms with van der Waals surface area (Å²) in [4.78, 5) is 24.0. The van der Waals surface area contributed by atoms with Crippen molar-refractivity contribution in [2.45, 2.75) is 19.3 Å². The molecule has 0 spiro atoms. The van der Waals surface area contributed by atoms with Crippen LogP contribution in [0.15, 0.2) is 42.5 Å². The first-order valence-electron chi connectivity index (χ1n) is 8.14. The molecule has 3 rings (SSSR count). The summed E-state index contributed by atoms with van der Waals surface area (Å²) >= 11 is 0. The summed E-state index contributed by atoms with van der Waals surface area (Å²) < 4.78 is 0. The molecule has 0 aliphatic carbocycles. The fourth-order valence-corrected chi connectivity index (χ4v) is 2.88. The first kappa shape index (κ1) is 19.0. The summed E-state index contributed by atoms with van der Waals surface area (Å²) in [5.41, 5.74) is 4.35. The Morgan fingerprint density at radius 3 is 2.76 bits per heavy atom. The van der Waals surface area contributed by atoms with Gasteiger partial charge in [0.15, 0.2) is 0 Å². The van der Waals surface area contributed by atoms with Crippen LogP contribution in [0.4, 0.5) is 11.4 Å². The van der Waals surface area contributed by atoms with Crippen molar-refractivity contribution in [3.63, 3.8) is 0 Å². The number of amides is 2. The largest absolute Gasteiger partial charge is 0.326 e. The number of likely N-dealkylation sites (N-methyl/N-ethyl adjacent to an activating group) is 1. The smallest absolute Gasteiger partial charge is 0.255 e. The Balaban J connectivity index is 0.00000225. The minimum absolute atomic E-state index is 0. The van der Waals surface area contributed by atoms with Gasteiger partial charge >= 0.3 is 0 Å². The quantitative estimate of drug-likeness (QED) is 0.768. The molecule has 2 amide bonds. The maximum atomic E-state index is 12.6. The van der Waals surface area contributed by atoms with Crippen molar-refractivity contribution in [2.75, 3.05) is 24.2 Å². The van der Waals surface area contributed by atoms with Crippen molar-refractivity contribution in [1.29, 1.82) is 0 Å². The fraction of sp³-hybridized carbons (Fsp3) is 0.263. The predicted molar refractivity (Wildman–Crippen MR) is 103 cm³/mol. The van der Waals surface area contributed by atoms with Crippen LogP contribution < -0.4 is 16.0 Å². The first-order chi connectivity index (χ1) is 11.7. The molecule has 1 aliphatic rings. The second-order valence-corrected chi connectivity index (χ2v) is 5.88. The third kappa shape index (κ3) is 4.59. The Labute approximate surface area is 153 Å². The van der Waals surface area contributed by atoms with Gasteiger partial charge < -0.3 is 16.0 Å². The summed E-state index contributed by atoms with van der Waals surface area (Å²) in [5.74, 6) is -0.0701. The zero-order valence-electron chi connectivity index (χ0n) is 14.1. The van der Waals surface area contributed by atoms with E-state index in [-0.39, 0.29) is 24.2 Å². The average molecular weight is 360 g/mol. The van der Waals surface area contributed by atoms with Crippen molar-refractivity contribution >= 4 is 35.6 Å². The molecule has 0 saturated heterocycles. The molecular formula is C19H22ClN3O2. The lowest BCUT2D eigenvalue weighted by Crippen LogP contribution is -2.20. The second-order valence-electron chi connectivity index (χ2n) is 5.88. The van der Waals surface area contributed by atoms with Gasteiger partial charge in [-0.1, -0.05) is 18.2 Å². The first-order valence-corrected chi connectivity index (χ1v) is 8.14. The number of nitrogens with one attached hydrogen (secondary N) is 3. The molecule has 6 heteroatoms. The molecule has 3 N–H and O–H groups in total. The van der Waals surface area contributed by atoms with E-state index in [1.54, 1.807) is 0 Å². The summed E-state index contributed by atoms with van der Waals surface area (Å²) in [5, 5.41) is 8.91. The van der Waals surface area contributed by atoms with Gasteiger partial charge in [0.05, 0.1) is 0 Å². The van der Waals surface area contributed by atoms with Crippen LogP contribution in [0, 0.1) is 0 Å². The molecule has 2 aromatic rings.